The van der Waals surface area contributed by atoms with E-state index in [-0.39, 0.29) is 12.1 Å². The van der Waals surface area contributed by atoms with Crippen LogP contribution in [0.15, 0.2) is 54.7 Å². The molecule has 1 fully saturated rings. The molecule has 1 unspecified atom stereocenters. The van der Waals surface area contributed by atoms with Crippen LogP contribution in [0.1, 0.15) is 103 Å². The number of amides is 1. The summed E-state index contributed by atoms with van der Waals surface area (Å²) in [5.74, 6) is 0.0281. The Morgan fingerprint density at radius 3 is 2.26 bits per heavy atom. The van der Waals surface area contributed by atoms with E-state index in [1.54, 1.807) is 19.1 Å². The number of primary amides is 1. The largest absolute Gasteiger partial charge is 0.419 e. The highest BCUT2D eigenvalue weighted by atomic mass is 19.4. The molecule has 0 spiro atoms. The molecule has 1 heterocycles. The zero-order valence-corrected chi connectivity index (χ0v) is 22.6. The Hall–Kier alpha value is -3.22. The molecular weight excluding hydrogens is 499 g/mol. The number of aryl methyl sites for hydroxylation is 4. The van der Waals surface area contributed by atoms with E-state index in [2.05, 4.69) is 34.2 Å². The van der Waals surface area contributed by atoms with Crippen molar-refractivity contribution in [2.45, 2.75) is 95.6 Å². The number of aromatic nitrogens is 2. The van der Waals surface area contributed by atoms with Gasteiger partial charge in [0.2, 0.25) is 5.91 Å². The predicted octanol–water partition coefficient (Wildman–Crippen LogP) is 7.48. The average Bonchev–Trinajstić information content (AvgIpc) is 2.90. The molecule has 1 saturated carbocycles. The van der Waals surface area contributed by atoms with E-state index >= 15 is 0 Å². The average molecular weight is 538 g/mol. The van der Waals surface area contributed by atoms with Gasteiger partial charge in [-0.2, -0.15) is 13.2 Å². The summed E-state index contributed by atoms with van der Waals surface area (Å²) in [6.07, 6.45) is 6.95. The van der Waals surface area contributed by atoms with E-state index < -0.39 is 23.6 Å². The summed E-state index contributed by atoms with van der Waals surface area (Å²) >= 11 is 0. The Kier molecular flexibility index (Phi) is 9.76. The van der Waals surface area contributed by atoms with Gasteiger partial charge in [-0.25, -0.2) is 9.97 Å². The third-order valence-corrected chi connectivity index (χ3v) is 8.00. The minimum atomic E-state index is -4.54. The second-order valence-electron chi connectivity index (χ2n) is 10.8. The van der Waals surface area contributed by atoms with Crippen LogP contribution in [-0.2, 0) is 36.7 Å². The summed E-state index contributed by atoms with van der Waals surface area (Å²) in [6, 6.07) is 15.9. The molecule has 4 nitrogen and oxygen atoms in total. The number of alkyl halides is 3. The molecular formula is C32H38F3N3O. The summed E-state index contributed by atoms with van der Waals surface area (Å²) in [5, 5.41) is 0. The molecule has 0 bridgehead atoms. The third-order valence-electron chi connectivity index (χ3n) is 8.00. The number of carbonyl (C=O) groups is 1. The zero-order chi connectivity index (χ0) is 27.8. The van der Waals surface area contributed by atoms with Gasteiger partial charge in [0.1, 0.15) is 5.82 Å². The lowest BCUT2D eigenvalue weighted by molar-refractivity contribution is -0.138. The summed E-state index contributed by atoms with van der Waals surface area (Å²) < 4.78 is 41.3. The van der Waals surface area contributed by atoms with Gasteiger partial charge in [0.15, 0.2) is 0 Å². The van der Waals surface area contributed by atoms with E-state index in [9.17, 15) is 18.0 Å². The lowest BCUT2D eigenvalue weighted by Gasteiger charge is -2.20. The first-order valence-corrected chi connectivity index (χ1v) is 14.1. The molecule has 0 radical (unpaired) electrons. The highest BCUT2D eigenvalue weighted by Gasteiger charge is 2.35. The number of carbonyl (C=O) groups excluding carboxylic acids is 1. The van der Waals surface area contributed by atoms with E-state index in [0.717, 1.165) is 22.9 Å². The van der Waals surface area contributed by atoms with Crippen molar-refractivity contribution in [1.29, 1.82) is 0 Å². The maximum atomic E-state index is 13.8. The number of rotatable bonds is 9. The molecule has 2 aromatic carbocycles. The number of halogens is 3. The minimum Gasteiger partial charge on any atom is -0.369 e. The van der Waals surface area contributed by atoms with Crippen molar-refractivity contribution in [3.05, 3.63) is 94.1 Å². The van der Waals surface area contributed by atoms with Gasteiger partial charge in [-0.1, -0.05) is 80.6 Å². The van der Waals surface area contributed by atoms with Crippen LogP contribution in [0.5, 0.6) is 0 Å². The third kappa shape index (κ3) is 7.90. The molecule has 3 aromatic rings. The van der Waals surface area contributed by atoms with Crippen molar-refractivity contribution in [1.82, 2.24) is 9.97 Å². The number of hydrogen-bond acceptors (Lipinski definition) is 3. The first-order chi connectivity index (χ1) is 18.7. The van der Waals surface area contributed by atoms with E-state index in [0.29, 0.717) is 31.0 Å². The fourth-order valence-electron chi connectivity index (χ4n) is 5.60. The van der Waals surface area contributed by atoms with Crippen molar-refractivity contribution in [2.24, 2.45) is 5.73 Å². The summed E-state index contributed by atoms with van der Waals surface area (Å²) in [7, 11) is 0. The number of hydrogen-bond donors (Lipinski definition) is 1. The molecule has 4 rings (SSSR count). The van der Waals surface area contributed by atoms with Crippen molar-refractivity contribution < 1.29 is 18.0 Å². The molecule has 0 aliphatic heterocycles. The van der Waals surface area contributed by atoms with Gasteiger partial charge in [0.25, 0.3) is 0 Å². The van der Waals surface area contributed by atoms with Gasteiger partial charge < -0.3 is 5.73 Å². The van der Waals surface area contributed by atoms with Gasteiger partial charge in [-0.3, -0.25) is 4.79 Å². The maximum absolute atomic E-state index is 13.8. The van der Waals surface area contributed by atoms with Crippen LogP contribution in [0.4, 0.5) is 13.2 Å². The van der Waals surface area contributed by atoms with Gasteiger partial charge >= 0.3 is 6.18 Å². The topological polar surface area (TPSA) is 68.9 Å². The van der Waals surface area contributed by atoms with Crippen LogP contribution in [0.2, 0.25) is 0 Å². The minimum absolute atomic E-state index is 0.0198. The second kappa shape index (κ2) is 13.2. The van der Waals surface area contributed by atoms with Crippen molar-refractivity contribution in [3.63, 3.8) is 0 Å². The normalized spacial score (nSPS) is 15.9. The fraction of sp³-hybridized carbons (Fsp3) is 0.469. The second-order valence-corrected chi connectivity index (χ2v) is 10.8. The molecule has 2 N–H and O–H groups in total. The molecule has 208 valence electrons. The highest BCUT2D eigenvalue weighted by molar-refractivity contribution is 5.81. The highest BCUT2D eigenvalue weighted by Crippen LogP contribution is 2.33. The first-order valence-electron chi connectivity index (χ1n) is 14.1. The number of benzene rings is 2. The van der Waals surface area contributed by atoms with Gasteiger partial charge in [0, 0.05) is 12.6 Å². The smallest absolute Gasteiger partial charge is 0.369 e. The van der Waals surface area contributed by atoms with Crippen molar-refractivity contribution in [3.8, 4) is 0 Å². The first kappa shape index (κ1) is 28.8. The SMILES string of the molecule is CC(C(N)=O)c1ccccc1CCc1nc(CCc2ccc(C3CCCCCCC3)cc2)ncc1C(F)(F)F. The Labute approximate surface area is 229 Å². The predicted molar refractivity (Wildman–Crippen MR) is 147 cm³/mol. The van der Waals surface area contributed by atoms with Crippen molar-refractivity contribution in [2.75, 3.05) is 0 Å². The molecule has 39 heavy (non-hydrogen) atoms. The molecule has 7 heteroatoms. The quantitative estimate of drug-likeness (QED) is 0.308. The molecule has 1 aliphatic carbocycles. The Morgan fingerprint density at radius 2 is 1.59 bits per heavy atom. The number of nitrogens with zero attached hydrogens (tertiary/aromatic N) is 2. The zero-order valence-electron chi connectivity index (χ0n) is 22.6. The van der Waals surface area contributed by atoms with E-state index in [4.69, 9.17) is 5.73 Å². The lowest BCUT2D eigenvalue weighted by Crippen LogP contribution is -2.20. The molecule has 1 aliphatic rings. The molecule has 1 amide bonds. The van der Waals surface area contributed by atoms with E-state index in [1.807, 2.05) is 12.1 Å². The van der Waals surface area contributed by atoms with Crippen LogP contribution >= 0.6 is 0 Å². The van der Waals surface area contributed by atoms with E-state index in [1.165, 1.54) is 50.5 Å². The number of nitrogens with two attached hydrogens (primary N) is 1. The summed E-state index contributed by atoms with van der Waals surface area (Å²) in [5.41, 5.74) is 8.69. The Balaban J connectivity index is 1.45. The standard InChI is InChI=1S/C32H38F3N3O/c1-22(31(36)39)27-12-8-7-11-26(27)18-19-29-28(32(33,34)35)21-37-30(38-29)20-15-23-13-16-25(17-14-23)24-9-5-3-2-4-6-10-24/h7-8,11-14,16-17,21-22,24H,2-6,9-10,15,18-20H2,1H3,(H2,36,39). The van der Waals surface area contributed by atoms with Crippen LogP contribution in [0.25, 0.3) is 0 Å². The van der Waals surface area contributed by atoms with Crippen LogP contribution in [-0.4, -0.2) is 15.9 Å². The molecule has 1 aromatic heterocycles. The van der Waals surface area contributed by atoms with Crippen LogP contribution < -0.4 is 5.73 Å². The van der Waals surface area contributed by atoms with Crippen LogP contribution in [0, 0.1) is 0 Å². The maximum Gasteiger partial charge on any atom is 0.419 e. The van der Waals surface area contributed by atoms with Crippen LogP contribution in [0.3, 0.4) is 0 Å². The lowest BCUT2D eigenvalue weighted by atomic mass is 9.85. The Morgan fingerprint density at radius 1 is 0.923 bits per heavy atom. The molecule has 1 atom stereocenters. The monoisotopic (exact) mass is 537 g/mol. The fourth-order valence-corrected chi connectivity index (χ4v) is 5.60. The van der Waals surface area contributed by atoms with Gasteiger partial charge in [-0.05, 0) is 67.2 Å². The summed E-state index contributed by atoms with van der Waals surface area (Å²) in [6.45, 7) is 1.70. The Bertz CT molecular complexity index is 1230. The molecule has 0 saturated heterocycles. The van der Waals surface area contributed by atoms with Gasteiger partial charge in [0.05, 0.1) is 17.2 Å². The summed E-state index contributed by atoms with van der Waals surface area (Å²) in [4.78, 5) is 20.2. The van der Waals surface area contributed by atoms with Gasteiger partial charge in [-0.15, -0.1) is 0 Å². The van der Waals surface area contributed by atoms with Crippen molar-refractivity contribution >= 4 is 5.91 Å².